The number of imide groups is 1. The van der Waals surface area contributed by atoms with Gasteiger partial charge in [0.05, 0.1) is 11.1 Å². The van der Waals surface area contributed by atoms with E-state index in [0.717, 1.165) is 0 Å². The summed E-state index contributed by atoms with van der Waals surface area (Å²) in [4.78, 5) is 22.8. The average molecular weight is 475 g/mol. The summed E-state index contributed by atoms with van der Waals surface area (Å²) in [5.41, 5.74) is -2.57. The molecule has 6 nitrogen and oxygen atoms in total. The molecule has 0 radical (unpaired) electrons. The molecule has 2 atom stereocenters. The molecule has 3 amide bonds. The fourth-order valence-corrected chi connectivity index (χ4v) is 3.24. The van der Waals surface area contributed by atoms with Gasteiger partial charge in [-0.2, -0.15) is 26.3 Å². The Hall–Kier alpha value is -3.28. The maximum atomic E-state index is 13.1. The Morgan fingerprint density at radius 1 is 1.00 bits per heavy atom. The Morgan fingerprint density at radius 3 is 2.15 bits per heavy atom. The lowest BCUT2D eigenvalue weighted by Crippen LogP contribution is -2.40. The van der Waals surface area contributed by atoms with Gasteiger partial charge in [-0.1, -0.05) is 18.2 Å². The first-order valence-electron chi connectivity index (χ1n) is 9.69. The van der Waals surface area contributed by atoms with Crippen LogP contribution in [0.1, 0.15) is 35.2 Å². The number of carbonyl (C=O) groups excluding carboxylic acids is 2. The van der Waals surface area contributed by atoms with E-state index in [2.05, 4.69) is 16.0 Å². The van der Waals surface area contributed by atoms with E-state index in [4.69, 9.17) is 4.74 Å². The topological polar surface area (TPSA) is 79.5 Å². The van der Waals surface area contributed by atoms with E-state index in [1.807, 2.05) is 0 Å². The van der Waals surface area contributed by atoms with Crippen molar-refractivity contribution in [2.75, 3.05) is 6.54 Å². The van der Waals surface area contributed by atoms with Crippen molar-refractivity contribution in [2.24, 2.45) is 0 Å². The Balaban J connectivity index is 1.75. The van der Waals surface area contributed by atoms with Crippen molar-refractivity contribution >= 4 is 11.9 Å². The van der Waals surface area contributed by atoms with E-state index in [9.17, 15) is 35.9 Å². The minimum atomic E-state index is -4.95. The highest BCUT2D eigenvalue weighted by Gasteiger charge is 2.37. The molecule has 2 aromatic rings. The molecule has 0 bridgehead atoms. The zero-order chi connectivity index (χ0) is 24.4. The molecule has 33 heavy (non-hydrogen) atoms. The van der Waals surface area contributed by atoms with Crippen molar-refractivity contribution in [3.8, 4) is 5.75 Å². The van der Waals surface area contributed by atoms with Gasteiger partial charge in [0.15, 0.2) is 0 Å². The second-order valence-corrected chi connectivity index (χ2v) is 7.39. The van der Waals surface area contributed by atoms with Crippen LogP contribution in [-0.2, 0) is 23.8 Å². The zero-order valence-electron chi connectivity index (χ0n) is 17.1. The molecule has 0 saturated carbocycles. The number of rotatable bonds is 7. The van der Waals surface area contributed by atoms with E-state index in [1.54, 1.807) is 25.1 Å². The predicted molar refractivity (Wildman–Crippen MR) is 104 cm³/mol. The third kappa shape index (κ3) is 6.15. The summed E-state index contributed by atoms with van der Waals surface area (Å²) in [7, 11) is 0. The quantitative estimate of drug-likeness (QED) is 0.415. The molecule has 0 aromatic heterocycles. The maximum Gasteiger partial charge on any atom is 0.416 e. The smallest absolute Gasteiger partial charge is 0.416 e. The molecule has 2 aromatic carbocycles. The fourth-order valence-electron chi connectivity index (χ4n) is 3.24. The third-order valence-corrected chi connectivity index (χ3v) is 4.91. The molecule has 1 aliphatic rings. The van der Waals surface area contributed by atoms with Crippen molar-refractivity contribution in [3.63, 3.8) is 0 Å². The minimum Gasteiger partial charge on any atom is -0.489 e. The van der Waals surface area contributed by atoms with Crippen molar-refractivity contribution in [1.82, 2.24) is 16.0 Å². The molecule has 1 saturated heterocycles. The summed E-state index contributed by atoms with van der Waals surface area (Å²) in [6, 6.07) is 5.94. The summed E-state index contributed by atoms with van der Waals surface area (Å²) in [6.45, 7) is 1.29. The lowest BCUT2D eigenvalue weighted by Gasteiger charge is -2.20. The van der Waals surface area contributed by atoms with Gasteiger partial charge in [0.1, 0.15) is 18.4 Å². The zero-order valence-corrected chi connectivity index (χ0v) is 17.1. The van der Waals surface area contributed by atoms with Crippen molar-refractivity contribution in [1.29, 1.82) is 0 Å². The Bertz CT molecular complexity index is 1010. The molecule has 1 fully saturated rings. The number of nitrogens with one attached hydrogen (secondary N) is 3. The summed E-state index contributed by atoms with van der Waals surface area (Å²) in [5, 5.41) is 7.56. The molecule has 0 unspecified atom stereocenters. The summed E-state index contributed by atoms with van der Waals surface area (Å²) >= 11 is 0. The highest BCUT2D eigenvalue weighted by molar-refractivity contribution is 6.04. The monoisotopic (exact) mass is 475 g/mol. The van der Waals surface area contributed by atoms with Crippen LogP contribution in [0, 0.1) is 0 Å². The van der Waals surface area contributed by atoms with Gasteiger partial charge >= 0.3 is 18.4 Å². The van der Waals surface area contributed by atoms with Gasteiger partial charge in [0.25, 0.3) is 5.91 Å². The number of urea groups is 1. The number of alkyl halides is 6. The number of ether oxygens (including phenoxy) is 1. The minimum absolute atomic E-state index is 0.0569. The Morgan fingerprint density at radius 2 is 1.61 bits per heavy atom. The van der Waals surface area contributed by atoms with Crippen LogP contribution in [0.3, 0.4) is 0 Å². The first-order valence-corrected chi connectivity index (χ1v) is 9.69. The summed E-state index contributed by atoms with van der Waals surface area (Å²) < 4.78 is 83.9. The second-order valence-electron chi connectivity index (χ2n) is 7.39. The lowest BCUT2D eigenvalue weighted by atomic mass is 10.0. The fraction of sp³-hybridized carbons (Fsp3) is 0.333. The number of halogens is 6. The maximum absolute atomic E-state index is 13.1. The largest absolute Gasteiger partial charge is 0.489 e. The number of benzene rings is 2. The summed E-state index contributed by atoms with van der Waals surface area (Å²) in [5.74, 6) is -0.252. The van der Waals surface area contributed by atoms with Gasteiger partial charge in [-0.05, 0) is 36.8 Å². The van der Waals surface area contributed by atoms with Gasteiger partial charge in [0.2, 0.25) is 0 Å². The lowest BCUT2D eigenvalue weighted by molar-refractivity contribution is -0.143. The normalized spacial score (nSPS) is 17.5. The predicted octanol–water partition coefficient (Wildman–Crippen LogP) is 4.16. The molecule has 3 N–H and O–H groups in total. The van der Waals surface area contributed by atoms with Crippen LogP contribution in [0.5, 0.6) is 5.75 Å². The molecule has 1 heterocycles. The summed E-state index contributed by atoms with van der Waals surface area (Å²) in [6.07, 6.45) is -9.90. The van der Waals surface area contributed by atoms with Crippen LogP contribution in [0.4, 0.5) is 31.1 Å². The van der Waals surface area contributed by atoms with Crippen LogP contribution in [0.25, 0.3) is 0 Å². The first kappa shape index (κ1) is 24.4. The van der Waals surface area contributed by atoms with E-state index in [-0.39, 0.29) is 23.9 Å². The van der Waals surface area contributed by atoms with E-state index in [1.165, 1.54) is 6.07 Å². The Kier molecular flexibility index (Phi) is 6.86. The SMILES string of the molecule is C[C@H](NC[C@@H]1NC(=O)NC1=O)c1ccccc1OCc1cc(C(F)(F)F)cc(C(F)(F)F)c1. The molecule has 1 aliphatic heterocycles. The number of hydrogen-bond acceptors (Lipinski definition) is 4. The highest BCUT2D eigenvalue weighted by Crippen LogP contribution is 2.36. The molecule has 178 valence electrons. The highest BCUT2D eigenvalue weighted by atomic mass is 19.4. The van der Waals surface area contributed by atoms with E-state index >= 15 is 0 Å². The van der Waals surface area contributed by atoms with Crippen LogP contribution < -0.4 is 20.7 Å². The van der Waals surface area contributed by atoms with E-state index in [0.29, 0.717) is 17.7 Å². The van der Waals surface area contributed by atoms with Crippen molar-refractivity contribution in [2.45, 2.75) is 38.0 Å². The van der Waals surface area contributed by atoms with Gasteiger partial charge in [-0.3, -0.25) is 10.1 Å². The number of carbonyl (C=O) groups is 2. The molecule has 3 rings (SSSR count). The Labute approximate surface area is 184 Å². The standard InChI is InChI=1S/C21H19F6N3O3/c1-11(28-9-16-18(31)30-19(32)29-16)15-4-2-3-5-17(15)33-10-12-6-13(20(22,23)24)8-14(7-12)21(25,26)27/h2-8,11,16,28H,9-10H2,1H3,(H2,29,30,31,32)/t11-,16-/m0/s1. The second kappa shape index (κ2) is 9.30. The molecular formula is C21H19F6N3O3. The first-order chi connectivity index (χ1) is 15.3. The van der Waals surface area contributed by atoms with Gasteiger partial charge in [-0.15, -0.1) is 0 Å². The van der Waals surface area contributed by atoms with E-state index < -0.39 is 54.1 Å². The van der Waals surface area contributed by atoms with Crippen molar-refractivity contribution in [3.05, 3.63) is 64.7 Å². The number of amides is 3. The van der Waals surface area contributed by atoms with Crippen molar-refractivity contribution < 1.29 is 40.7 Å². The van der Waals surface area contributed by atoms with Crippen LogP contribution >= 0.6 is 0 Å². The number of para-hydroxylation sites is 1. The van der Waals surface area contributed by atoms with Gasteiger partial charge < -0.3 is 15.4 Å². The number of hydrogen-bond donors (Lipinski definition) is 3. The van der Waals surface area contributed by atoms with Crippen LogP contribution in [0.2, 0.25) is 0 Å². The van der Waals surface area contributed by atoms with Crippen LogP contribution in [0.15, 0.2) is 42.5 Å². The van der Waals surface area contributed by atoms with Gasteiger partial charge in [-0.25, -0.2) is 4.79 Å². The molecular weight excluding hydrogens is 456 g/mol. The molecule has 0 aliphatic carbocycles. The third-order valence-electron chi connectivity index (χ3n) is 4.91. The molecule has 0 spiro atoms. The average Bonchev–Trinajstić information content (AvgIpc) is 3.06. The molecule has 12 heteroatoms. The van der Waals surface area contributed by atoms with Gasteiger partial charge in [0, 0.05) is 18.2 Å². The van der Waals surface area contributed by atoms with Crippen LogP contribution in [-0.4, -0.2) is 24.5 Å².